The Morgan fingerprint density at radius 1 is 1.07 bits per heavy atom. The van der Waals surface area contributed by atoms with Crippen LogP contribution in [0, 0.1) is 0 Å². The molecule has 1 N–H and O–H groups in total. The number of carbonyl (C=O) groups is 1. The van der Waals surface area contributed by atoms with Crippen LogP contribution >= 0.6 is 0 Å². The fraction of sp³-hybridized carbons (Fsp3) is 0.368. The average Bonchev–Trinajstić information content (AvgIpc) is 3.40. The maximum atomic E-state index is 12.4. The molecular weight excluding hydrogens is 356 g/mol. The molecule has 0 saturated carbocycles. The number of pyridine rings is 1. The number of hydrogen-bond donors (Lipinski definition) is 1. The summed E-state index contributed by atoms with van der Waals surface area (Å²) >= 11 is 0. The molecule has 3 aromatic rings. The molecule has 1 aliphatic heterocycles. The van der Waals surface area contributed by atoms with E-state index in [1.165, 1.54) is 0 Å². The van der Waals surface area contributed by atoms with Crippen LogP contribution in [0.5, 0.6) is 0 Å². The first-order valence-corrected chi connectivity index (χ1v) is 9.39. The van der Waals surface area contributed by atoms with Gasteiger partial charge in [-0.1, -0.05) is 0 Å². The van der Waals surface area contributed by atoms with Crippen LogP contribution in [0.4, 0.5) is 11.5 Å². The van der Waals surface area contributed by atoms with Gasteiger partial charge >= 0.3 is 0 Å². The van der Waals surface area contributed by atoms with Crippen molar-refractivity contribution in [3.63, 3.8) is 0 Å². The van der Waals surface area contributed by atoms with Crippen LogP contribution in [0.3, 0.4) is 0 Å². The molecule has 146 valence electrons. The summed E-state index contributed by atoms with van der Waals surface area (Å²) in [5.41, 5.74) is 1.04. The van der Waals surface area contributed by atoms with E-state index in [-0.39, 0.29) is 5.91 Å². The molecule has 0 unspecified atom stereocenters. The Labute approximate surface area is 163 Å². The fourth-order valence-corrected chi connectivity index (χ4v) is 3.12. The van der Waals surface area contributed by atoms with Crippen molar-refractivity contribution in [2.75, 3.05) is 43.4 Å². The molecule has 1 saturated heterocycles. The lowest BCUT2D eigenvalue weighted by atomic mass is 10.3. The number of anilines is 2. The summed E-state index contributed by atoms with van der Waals surface area (Å²) < 4.78 is 3.57. The quantitative estimate of drug-likeness (QED) is 0.691. The number of aromatic nitrogens is 5. The van der Waals surface area contributed by atoms with Crippen molar-refractivity contribution in [1.82, 2.24) is 29.4 Å². The number of carbonyl (C=O) groups excluding carboxylic acids is 1. The van der Waals surface area contributed by atoms with Crippen molar-refractivity contribution in [2.45, 2.75) is 13.1 Å². The zero-order valence-corrected chi connectivity index (χ0v) is 15.9. The van der Waals surface area contributed by atoms with E-state index in [0.29, 0.717) is 24.5 Å². The summed E-state index contributed by atoms with van der Waals surface area (Å²) in [6, 6.07) is 7.42. The second-order valence-electron chi connectivity index (χ2n) is 6.88. The molecule has 4 rings (SSSR count). The van der Waals surface area contributed by atoms with Crippen LogP contribution < -0.4 is 10.2 Å². The summed E-state index contributed by atoms with van der Waals surface area (Å²) in [6.07, 6.45) is 7.13. The second-order valence-corrected chi connectivity index (χ2v) is 6.88. The van der Waals surface area contributed by atoms with Gasteiger partial charge in [-0.2, -0.15) is 10.2 Å². The van der Waals surface area contributed by atoms with E-state index in [1.807, 2.05) is 29.1 Å². The van der Waals surface area contributed by atoms with E-state index in [0.717, 1.165) is 32.0 Å². The highest BCUT2D eigenvalue weighted by molar-refractivity contribution is 6.02. The highest BCUT2D eigenvalue weighted by atomic mass is 16.2. The van der Waals surface area contributed by atoms with Crippen molar-refractivity contribution < 1.29 is 4.79 Å². The van der Waals surface area contributed by atoms with Gasteiger partial charge in [-0.15, -0.1) is 0 Å². The largest absolute Gasteiger partial charge is 0.354 e. The van der Waals surface area contributed by atoms with Gasteiger partial charge in [0.15, 0.2) is 5.69 Å². The molecule has 0 atom stereocenters. The number of nitrogens with one attached hydrogen (secondary N) is 1. The number of aryl methyl sites for hydroxylation is 2. The van der Waals surface area contributed by atoms with Gasteiger partial charge in [-0.3, -0.25) is 14.2 Å². The first-order valence-electron chi connectivity index (χ1n) is 9.39. The van der Waals surface area contributed by atoms with Gasteiger partial charge in [0.1, 0.15) is 5.82 Å². The maximum Gasteiger partial charge on any atom is 0.276 e. The molecule has 1 amide bonds. The number of piperazine rings is 1. The Morgan fingerprint density at radius 2 is 1.89 bits per heavy atom. The normalized spacial score (nSPS) is 15.0. The van der Waals surface area contributed by atoms with Crippen LogP contribution in [0.2, 0.25) is 0 Å². The Bertz CT molecular complexity index is 894. The summed E-state index contributed by atoms with van der Waals surface area (Å²) in [4.78, 5) is 21.5. The molecule has 28 heavy (non-hydrogen) atoms. The van der Waals surface area contributed by atoms with Gasteiger partial charge in [0.25, 0.3) is 5.91 Å². The summed E-state index contributed by atoms with van der Waals surface area (Å²) in [5.74, 6) is 0.695. The first kappa shape index (κ1) is 18.2. The van der Waals surface area contributed by atoms with Gasteiger partial charge in [0, 0.05) is 44.8 Å². The minimum absolute atomic E-state index is 0.244. The Balaban J connectivity index is 1.32. The Hall–Kier alpha value is -3.20. The number of nitrogens with zero attached hydrogens (tertiary/aromatic N) is 7. The van der Waals surface area contributed by atoms with Crippen molar-refractivity contribution in [1.29, 1.82) is 0 Å². The van der Waals surface area contributed by atoms with Crippen LogP contribution in [0.1, 0.15) is 10.5 Å². The lowest BCUT2D eigenvalue weighted by molar-refractivity contribution is 0.102. The van der Waals surface area contributed by atoms with Crippen LogP contribution in [-0.4, -0.2) is 68.6 Å². The molecule has 0 spiro atoms. The number of likely N-dealkylation sites (N-methyl/N-ethyl adjacent to an activating group) is 1. The van der Waals surface area contributed by atoms with Crippen LogP contribution in [0.25, 0.3) is 0 Å². The Morgan fingerprint density at radius 3 is 2.61 bits per heavy atom. The van der Waals surface area contributed by atoms with E-state index in [1.54, 1.807) is 29.3 Å². The smallest absolute Gasteiger partial charge is 0.276 e. The zero-order chi connectivity index (χ0) is 19.3. The maximum absolute atomic E-state index is 12.4. The van der Waals surface area contributed by atoms with Crippen LogP contribution in [-0.2, 0) is 13.1 Å². The molecule has 3 aromatic heterocycles. The monoisotopic (exact) mass is 380 g/mol. The second kappa shape index (κ2) is 8.22. The van der Waals surface area contributed by atoms with Crippen molar-refractivity contribution >= 4 is 17.4 Å². The van der Waals surface area contributed by atoms with Gasteiger partial charge in [-0.25, -0.2) is 4.98 Å². The molecule has 4 heterocycles. The molecule has 9 heteroatoms. The van der Waals surface area contributed by atoms with E-state index >= 15 is 0 Å². The van der Waals surface area contributed by atoms with Crippen molar-refractivity contribution in [3.8, 4) is 0 Å². The topological polar surface area (TPSA) is 84.1 Å². The predicted octanol–water partition coefficient (Wildman–Crippen LogP) is 1.18. The predicted molar refractivity (Wildman–Crippen MR) is 106 cm³/mol. The lowest BCUT2D eigenvalue weighted by Gasteiger charge is -2.33. The molecule has 0 aliphatic carbocycles. The molecule has 1 fully saturated rings. The van der Waals surface area contributed by atoms with Crippen molar-refractivity contribution in [3.05, 3.63) is 54.7 Å². The van der Waals surface area contributed by atoms with E-state index < -0.39 is 0 Å². The SMILES string of the molecule is CN1CCN(c2ccc(NC(=O)c3ccn(CCn4cccn4)n3)cn2)CC1. The van der Waals surface area contributed by atoms with E-state index in [4.69, 9.17) is 0 Å². The standard InChI is InChI=1S/C19H24N8O/c1-24-9-11-25(12-10-24)18-4-3-16(15-20-18)22-19(28)17-5-8-27(23-17)14-13-26-7-2-6-21-26/h2-8,15H,9-14H2,1H3,(H,22,28). The lowest BCUT2D eigenvalue weighted by Crippen LogP contribution is -2.44. The minimum atomic E-state index is -0.244. The summed E-state index contributed by atoms with van der Waals surface area (Å²) in [6.45, 7) is 5.34. The van der Waals surface area contributed by atoms with Gasteiger partial charge in [0.05, 0.1) is 25.0 Å². The van der Waals surface area contributed by atoms with Crippen molar-refractivity contribution in [2.24, 2.45) is 0 Å². The fourth-order valence-electron chi connectivity index (χ4n) is 3.12. The first-order chi connectivity index (χ1) is 13.7. The third-order valence-electron chi connectivity index (χ3n) is 4.82. The molecule has 1 aliphatic rings. The Kier molecular flexibility index (Phi) is 5.34. The molecule has 0 bridgehead atoms. The van der Waals surface area contributed by atoms with Gasteiger partial charge in [-0.05, 0) is 31.3 Å². The highest BCUT2D eigenvalue weighted by Gasteiger charge is 2.15. The summed E-state index contributed by atoms with van der Waals surface area (Å²) in [5, 5.41) is 11.3. The molecular formula is C19H24N8O. The third kappa shape index (κ3) is 4.37. The third-order valence-corrected chi connectivity index (χ3v) is 4.82. The average molecular weight is 380 g/mol. The number of rotatable bonds is 6. The van der Waals surface area contributed by atoms with Crippen LogP contribution in [0.15, 0.2) is 49.1 Å². The highest BCUT2D eigenvalue weighted by Crippen LogP contribution is 2.16. The number of amides is 1. The van der Waals surface area contributed by atoms with Gasteiger partial charge < -0.3 is 15.1 Å². The molecule has 0 radical (unpaired) electrons. The van der Waals surface area contributed by atoms with E-state index in [2.05, 4.69) is 37.3 Å². The molecule has 0 aromatic carbocycles. The molecule has 9 nitrogen and oxygen atoms in total. The van der Waals surface area contributed by atoms with Gasteiger partial charge in [0.2, 0.25) is 0 Å². The summed E-state index contributed by atoms with van der Waals surface area (Å²) in [7, 11) is 2.13. The minimum Gasteiger partial charge on any atom is -0.354 e. The van der Waals surface area contributed by atoms with E-state index in [9.17, 15) is 4.79 Å². The zero-order valence-electron chi connectivity index (χ0n) is 15.9. The number of hydrogen-bond acceptors (Lipinski definition) is 6.